The van der Waals surface area contributed by atoms with Crippen LogP contribution in [0.2, 0.25) is 0 Å². The van der Waals surface area contributed by atoms with Gasteiger partial charge in [-0.25, -0.2) is 0 Å². The molecule has 1 aromatic heterocycles. The van der Waals surface area contributed by atoms with Crippen LogP contribution in [0.1, 0.15) is 46.8 Å². The number of nitrogens with zero attached hydrogens (tertiary/aromatic N) is 1. The van der Waals surface area contributed by atoms with Crippen molar-refractivity contribution in [3.8, 4) is 11.5 Å². The molecule has 186 valence electrons. The van der Waals surface area contributed by atoms with Gasteiger partial charge in [-0.15, -0.1) is 0 Å². The second kappa shape index (κ2) is 11.0. The molecule has 6 heteroatoms. The van der Waals surface area contributed by atoms with E-state index in [1.165, 1.54) is 11.1 Å². The van der Waals surface area contributed by atoms with E-state index in [0.29, 0.717) is 30.4 Å². The molecule has 0 aliphatic heterocycles. The Morgan fingerprint density at radius 2 is 1.71 bits per heavy atom. The van der Waals surface area contributed by atoms with E-state index < -0.39 is 12.1 Å². The molecule has 1 aliphatic rings. The molecule has 0 saturated carbocycles. The Labute approximate surface area is 207 Å². The number of aryl methyl sites for hydroxylation is 1. The smallest absolute Gasteiger partial charge is 0.303 e. The summed E-state index contributed by atoms with van der Waals surface area (Å²) in [5.74, 6) is 1.02. The Hall–Kier alpha value is -3.25. The minimum absolute atomic E-state index is 0.0360. The Morgan fingerprint density at radius 3 is 2.29 bits per heavy atom. The molecule has 1 heterocycles. The van der Waals surface area contributed by atoms with Crippen molar-refractivity contribution in [2.24, 2.45) is 11.8 Å². The van der Waals surface area contributed by atoms with Crippen molar-refractivity contribution >= 4 is 5.97 Å². The highest BCUT2D eigenvalue weighted by molar-refractivity contribution is 5.67. The zero-order valence-electron chi connectivity index (χ0n) is 20.7. The molecule has 0 amide bonds. The van der Waals surface area contributed by atoms with E-state index in [0.717, 1.165) is 36.0 Å². The summed E-state index contributed by atoms with van der Waals surface area (Å²) in [5, 5.41) is 20.6. The molecule has 2 aromatic carbocycles. The SMILES string of the molecule is COc1cc(C(O)C(CC2Cc3ccccc3C2)Cn2ccc(CCC(=O)O)c2)cc(OC)c1C. The molecule has 2 N–H and O–H groups in total. The van der Waals surface area contributed by atoms with E-state index in [1.807, 2.05) is 37.5 Å². The lowest BCUT2D eigenvalue weighted by atomic mass is 9.85. The number of rotatable bonds is 11. The standard InChI is InChI=1S/C29H35NO5/c1-19-26(34-2)15-24(16-27(19)35-3)29(33)25(14-21-12-22-6-4-5-7-23(22)13-21)18-30-11-10-20(17-30)8-9-28(31)32/h4-7,10-11,15-17,21,25,29,33H,8-9,12-14,18H2,1-3H3,(H,31,32). The van der Waals surface area contributed by atoms with Gasteiger partial charge in [0, 0.05) is 36.8 Å². The first-order valence-corrected chi connectivity index (χ1v) is 12.2. The Bertz CT molecular complexity index is 1120. The molecule has 0 saturated heterocycles. The van der Waals surface area contributed by atoms with E-state index >= 15 is 0 Å². The van der Waals surface area contributed by atoms with Crippen LogP contribution in [0.25, 0.3) is 0 Å². The number of aliphatic hydroxyl groups is 1. The van der Waals surface area contributed by atoms with Crippen molar-refractivity contribution in [3.63, 3.8) is 0 Å². The van der Waals surface area contributed by atoms with Gasteiger partial charge in [0.05, 0.1) is 20.3 Å². The van der Waals surface area contributed by atoms with Crippen LogP contribution in [0.5, 0.6) is 11.5 Å². The third-order valence-electron chi connectivity index (χ3n) is 7.22. The molecule has 6 nitrogen and oxygen atoms in total. The molecular weight excluding hydrogens is 442 g/mol. The van der Waals surface area contributed by atoms with E-state index in [1.54, 1.807) is 14.2 Å². The molecule has 3 aromatic rings. The van der Waals surface area contributed by atoms with Gasteiger partial charge in [-0.3, -0.25) is 4.79 Å². The molecule has 4 rings (SSSR count). The Balaban J connectivity index is 1.58. The van der Waals surface area contributed by atoms with Crippen LogP contribution < -0.4 is 9.47 Å². The highest BCUT2D eigenvalue weighted by Crippen LogP contribution is 2.39. The quantitative estimate of drug-likeness (QED) is 0.407. The average molecular weight is 478 g/mol. The van der Waals surface area contributed by atoms with Gasteiger partial charge in [0.15, 0.2) is 0 Å². The summed E-state index contributed by atoms with van der Waals surface area (Å²) in [5.41, 5.74) is 5.49. The predicted octanol–water partition coefficient (Wildman–Crippen LogP) is 4.99. The normalized spacial score (nSPS) is 15.0. The van der Waals surface area contributed by atoms with Gasteiger partial charge in [-0.1, -0.05) is 24.3 Å². The number of carbonyl (C=O) groups is 1. The van der Waals surface area contributed by atoms with Crippen molar-refractivity contribution in [3.05, 3.63) is 82.7 Å². The fraction of sp³-hybridized carbons (Fsp3) is 0.414. The van der Waals surface area contributed by atoms with Gasteiger partial charge in [-0.2, -0.15) is 0 Å². The predicted molar refractivity (Wildman–Crippen MR) is 135 cm³/mol. The summed E-state index contributed by atoms with van der Waals surface area (Å²) in [6.07, 6.45) is 6.81. The molecular formula is C29H35NO5. The minimum Gasteiger partial charge on any atom is -0.496 e. The fourth-order valence-corrected chi connectivity index (χ4v) is 5.37. The number of hydrogen-bond donors (Lipinski definition) is 2. The van der Waals surface area contributed by atoms with Gasteiger partial charge in [-0.05, 0) is 79.0 Å². The first-order valence-electron chi connectivity index (χ1n) is 12.2. The summed E-state index contributed by atoms with van der Waals surface area (Å²) >= 11 is 0. The summed E-state index contributed by atoms with van der Waals surface area (Å²) < 4.78 is 13.2. The number of benzene rings is 2. The minimum atomic E-state index is -0.797. The highest BCUT2D eigenvalue weighted by Gasteiger charge is 2.30. The molecule has 2 unspecified atom stereocenters. The van der Waals surface area contributed by atoms with Gasteiger partial charge in [0.25, 0.3) is 0 Å². The molecule has 2 atom stereocenters. The number of hydrogen-bond acceptors (Lipinski definition) is 4. The first-order chi connectivity index (χ1) is 16.9. The van der Waals surface area contributed by atoms with E-state index in [9.17, 15) is 9.90 Å². The zero-order valence-corrected chi connectivity index (χ0v) is 20.7. The highest BCUT2D eigenvalue weighted by atomic mass is 16.5. The second-order valence-electron chi connectivity index (χ2n) is 9.64. The van der Waals surface area contributed by atoms with Crippen LogP contribution in [0.4, 0.5) is 0 Å². The number of ether oxygens (including phenoxy) is 2. The largest absolute Gasteiger partial charge is 0.496 e. The number of fused-ring (bicyclic) bond motifs is 1. The summed E-state index contributed by atoms with van der Waals surface area (Å²) in [4.78, 5) is 11.0. The summed E-state index contributed by atoms with van der Waals surface area (Å²) in [6, 6.07) is 14.4. The number of carboxylic acid groups (broad SMARTS) is 1. The van der Waals surface area contributed by atoms with Crippen LogP contribution >= 0.6 is 0 Å². The number of methoxy groups -OCH3 is 2. The van der Waals surface area contributed by atoms with Crippen molar-refractivity contribution in [1.82, 2.24) is 4.57 Å². The molecule has 0 fully saturated rings. The van der Waals surface area contributed by atoms with Crippen molar-refractivity contribution in [2.45, 2.75) is 51.7 Å². The van der Waals surface area contributed by atoms with Gasteiger partial charge >= 0.3 is 5.97 Å². The number of carboxylic acids is 1. The second-order valence-corrected chi connectivity index (χ2v) is 9.64. The first kappa shape index (κ1) is 24.9. The number of aromatic nitrogens is 1. The van der Waals surface area contributed by atoms with E-state index in [4.69, 9.17) is 14.6 Å². The van der Waals surface area contributed by atoms with E-state index in [-0.39, 0.29) is 12.3 Å². The van der Waals surface area contributed by atoms with E-state index in [2.05, 4.69) is 28.8 Å². The fourth-order valence-electron chi connectivity index (χ4n) is 5.37. The Kier molecular flexibility index (Phi) is 7.81. The van der Waals surface area contributed by atoms with Crippen LogP contribution in [-0.2, 0) is 30.6 Å². The van der Waals surface area contributed by atoms with Crippen molar-refractivity contribution in [2.75, 3.05) is 14.2 Å². The third-order valence-corrected chi connectivity index (χ3v) is 7.22. The maximum Gasteiger partial charge on any atom is 0.303 e. The van der Waals surface area contributed by atoms with Crippen LogP contribution in [0.3, 0.4) is 0 Å². The van der Waals surface area contributed by atoms with Gasteiger partial charge in [0.2, 0.25) is 0 Å². The molecule has 35 heavy (non-hydrogen) atoms. The van der Waals surface area contributed by atoms with Crippen molar-refractivity contribution < 1.29 is 24.5 Å². The Morgan fingerprint density at radius 1 is 1.09 bits per heavy atom. The monoisotopic (exact) mass is 477 g/mol. The molecule has 0 radical (unpaired) electrons. The topological polar surface area (TPSA) is 80.9 Å². The molecule has 0 spiro atoms. The zero-order chi connectivity index (χ0) is 24.9. The van der Waals surface area contributed by atoms with Crippen LogP contribution in [0, 0.1) is 18.8 Å². The number of aliphatic carboxylic acids is 1. The number of aliphatic hydroxyl groups excluding tert-OH is 1. The lowest BCUT2D eigenvalue weighted by Gasteiger charge is -2.27. The summed E-state index contributed by atoms with van der Waals surface area (Å²) in [7, 11) is 3.26. The maximum atomic E-state index is 11.6. The van der Waals surface area contributed by atoms with Crippen LogP contribution in [-0.4, -0.2) is 35.0 Å². The van der Waals surface area contributed by atoms with Crippen molar-refractivity contribution in [1.29, 1.82) is 0 Å². The molecule has 1 aliphatic carbocycles. The third kappa shape index (κ3) is 5.88. The van der Waals surface area contributed by atoms with Gasteiger partial charge in [0.1, 0.15) is 11.5 Å². The average Bonchev–Trinajstić information content (AvgIpc) is 3.48. The van der Waals surface area contributed by atoms with Gasteiger partial charge < -0.3 is 24.3 Å². The maximum absolute atomic E-state index is 11.6. The lowest BCUT2D eigenvalue weighted by molar-refractivity contribution is -0.136. The summed E-state index contributed by atoms with van der Waals surface area (Å²) in [6.45, 7) is 2.58. The lowest BCUT2D eigenvalue weighted by Crippen LogP contribution is -2.22. The van der Waals surface area contributed by atoms with Crippen LogP contribution in [0.15, 0.2) is 54.9 Å². The molecule has 0 bridgehead atoms.